The second kappa shape index (κ2) is 5.75. The van der Waals surface area contributed by atoms with Crippen molar-refractivity contribution in [3.63, 3.8) is 0 Å². The number of hydrogen-bond acceptors (Lipinski definition) is 2. The van der Waals surface area contributed by atoms with E-state index < -0.39 is 0 Å². The SMILES string of the molecule is C=C(C)C#Cc1ccc2oc(-c3ccccc3)cc(=O)c2c1. The van der Waals surface area contributed by atoms with Crippen LogP contribution in [0.5, 0.6) is 0 Å². The average Bonchev–Trinajstić information content (AvgIpc) is 2.54. The third-order valence-electron chi connectivity index (χ3n) is 3.21. The van der Waals surface area contributed by atoms with Gasteiger partial charge in [0.15, 0.2) is 5.43 Å². The first-order valence-corrected chi connectivity index (χ1v) is 6.94. The monoisotopic (exact) mass is 286 g/mol. The summed E-state index contributed by atoms with van der Waals surface area (Å²) in [6.45, 7) is 5.58. The Balaban J connectivity index is 2.14. The van der Waals surface area contributed by atoms with Crippen molar-refractivity contribution < 1.29 is 4.42 Å². The predicted octanol–water partition coefficient (Wildman–Crippen LogP) is 4.39. The Morgan fingerprint density at radius 1 is 1.09 bits per heavy atom. The van der Waals surface area contributed by atoms with Crippen LogP contribution in [0.3, 0.4) is 0 Å². The molecule has 0 amide bonds. The van der Waals surface area contributed by atoms with Gasteiger partial charge in [-0.1, -0.05) is 48.8 Å². The standard InChI is InChI=1S/C20H14O2/c1-14(2)8-9-15-10-11-19-17(12-15)18(21)13-20(22-19)16-6-4-3-5-7-16/h3-7,10-13H,1H2,2H3. The predicted molar refractivity (Wildman–Crippen MR) is 89.6 cm³/mol. The fourth-order valence-electron chi connectivity index (χ4n) is 2.16. The first-order valence-electron chi connectivity index (χ1n) is 6.94. The third-order valence-corrected chi connectivity index (χ3v) is 3.21. The Hall–Kier alpha value is -3.05. The Morgan fingerprint density at radius 3 is 2.59 bits per heavy atom. The molecule has 1 aromatic heterocycles. The van der Waals surface area contributed by atoms with Gasteiger partial charge in [-0.25, -0.2) is 0 Å². The quantitative estimate of drug-likeness (QED) is 0.621. The van der Waals surface area contributed by atoms with Crippen molar-refractivity contribution in [2.24, 2.45) is 0 Å². The molecule has 0 atom stereocenters. The molecule has 1 heterocycles. The van der Waals surface area contributed by atoms with Gasteiger partial charge in [0.2, 0.25) is 0 Å². The highest BCUT2D eigenvalue weighted by Crippen LogP contribution is 2.22. The molecule has 0 radical (unpaired) electrons. The summed E-state index contributed by atoms with van der Waals surface area (Å²) >= 11 is 0. The second-order valence-electron chi connectivity index (χ2n) is 5.08. The number of rotatable bonds is 1. The molecule has 0 aliphatic carbocycles. The van der Waals surface area contributed by atoms with Crippen LogP contribution in [0.15, 0.2) is 76.0 Å². The molecule has 0 saturated heterocycles. The van der Waals surface area contributed by atoms with E-state index >= 15 is 0 Å². The summed E-state index contributed by atoms with van der Waals surface area (Å²) in [6, 6.07) is 16.5. The summed E-state index contributed by atoms with van der Waals surface area (Å²) in [5.41, 5.74) is 2.93. The van der Waals surface area contributed by atoms with E-state index in [0.717, 1.165) is 16.7 Å². The highest BCUT2D eigenvalue weighted by atomic mass is 16.3. The minimum absolute atomic E-state index is 0.0703. The van der Waals surface area contributed by atoms with Gasteiger partial charge in [-0.15, -0.1) is 0 Å². The van der Waals surface area contributed by atoms with E-state index in [1.54, 1.807) is 12.1 Å². The zero-order valence-electron chi connectivity index (χ0n) is 12.2. The van der Waals surface area contributed by atoms with Gasteiger partial charge in [0.1, 0.15) is 11.3 Å². The van der Waals surface area contributed by atoms with E-state index in [-0.39, 0.29) is 5.43 Å². The van der Waals surface area contributed by atoms with Crippen LogP contribution in [0.1, 0.15) is 12.5 Å². The smallest absolute Gasteiger partial charge is 0.193 e. The molecule has 0 saturated carbocycles. The van der Waals surface area contributed by atoms with Gasteiger partial charge in [-0.3, -0.25) is 4.79 Å². The lowest BCUT2D eigenvalue weighted by atomic mass is 10.1. The highest BCUT2D eigenvalue weighted by molar-refractivity contribution is 5.80. The lowest BCUT2D eigenvalue weighted by Gasteiger charge is -2.03. The van der Waals surface area contributed by atoms with Crippen molar-refractivity contribution in [2.45, 2.75) is 6.92 Å². The highest BCUT2D eigenvalue weighted by Gasteiger charge is 2.07. The molecule has 0 N–H and O–H groups in total. The van der Waals surface area contributed by atoms with E-state index in [1.165, 1.54) is 6.07 Å². The maximum absolute atomic E-state index is 12.3. The van der Waals surface area contributed by atoms with Crippen LogP contribution in [0.25, 0.3) is 22.3 Å². The largest absolute Gasteiger partial charge is 0.456 e. The lowest BCUT2D eigenvalue weighted by Crippen LogP contribution is -2.00. The molecule has 22 heavy (non-hydrogen) atoms. The van der Waals surface area contributed by atoms with Crippen LogP contribution in [0, 0.1) is 11.8 Å². The van der Waals surface area contributed by atoms with Crippen LogP contribution in [0.2, 0.25) is 0 Å². The molecule has 2 heteroatoms. The van der Waals surface area contributed by atoms with Crippen LogP contribution in [0.4, 0.5) is 0 Å². The molecule has 3 aromatic rings. The molecule has 0 unspecified atom stereocenters. The van der Waals surface area contributed by atoms with Gasteiger partial charge in [0, 0.05) is 17.2 Å². The maximum Gasteiger partial charge on any atom is 0.193 e. The third kappa shape index (κ3) is 2.84. The molecule has 2 aromatic carbocycles. The van der Waals surface area contributed by atoms with Gasteiger partial charge < -0.3 is 4.42 Å². The van der Waals surface area contributed by atoms with E-state index in [4.69, 9.17) is 4.42 Å². The molecule has 3 rings (SSSR count). The normalized spacial score (nSPS) is 10.0. The Morgan fingerprint density at radius 2 is 1.86 bits per heavy atom. The van der Waals surface area contributed by atoms with Crippen LogP contribution >= 0.6 is 0 Å². The second-order valence-corrected chi connectivity index (χ2v) is 5.08. The van der Waals surface area contributed by atoms with Crippen molar-refractivity contribution in [3.8, 4) is 23.2 Å². The lowest BCUT2D eigenvalue weighted by molar-refractivity contribution is 0.619. The topological polar surface area (TPSA) is 30.2 Å². The number of benzene rings is 2. The molecule has 0 spiro atoms. The maximum atomic E-state index is 12.3. The van der Waals surface area contributed by atoms with Crippen LogP contribution in [-0.4, -0.2) is 0 Å². The molecule has 0 bridgehead atoms. The summed E-state index contributed by atoms with van der Waals surface area (Å²) in [7, 11) is 0. The number of allylic oxidation sites excluding steroid dienone is 1. The minimum Gasteiger partial charge on any atom is -0.456 e. The first-order chi connectivity index (χ1) is 10.6. The molecular formula is C20H14O2. The Bertz CT molecular complexity index is 967. The van der Waals surface area contributed by atoms with Crippen molar-refractivity contribution in [1.29, 1.82) is 0 Å². The molecule has 0 fully saturated rings. The van der Waals surface area contributed by atoms with E-state index in [2.05, 4.69) is 18.4 Å². The van der Waals surface area contributed by atoms with Crippen molar-refractivity contribution in [1.82, 2.24) is 0 Å². The number of fused-ring (bicyclic) bond motifs is 1. The van der Waals surface area contributed by atoms with Crippen molar-refractivity contribution in [3.05, 3.63) is 82.5 Å². The van der Waals surface area contributed by atoms with Gasteiger partial charge in [-0.2, -0.15) is 0 Å². The summed E-state index contributed by atoms with van der Waals surface area (Å²) in [5, 5.41) is 0.535. The Kier molecular flexibility index (Phi) is 3.64. The number of hydrogen-bond donors (Lipinski definition) is 0. The van der Waals surface area contributed by atoms with E-state index in [0.29, 0.717) is 16.7 Å². The molecule has 0 aliphatic rings. The summed E-state index contributed by atoms with van der Waals surface area (Å²) < 4.78 is 5.84. The summed E-state index contributed by atoms with van der Waals surface area (Å²) in [6.07, 6.45) is 0. The van der Waals surface area contributed by atoms with E-state index in [1.807, 2.05) is 43.3 Å². The van der Waals surface area contributed by atoms with Crippen LogP contribution in [-0.2, 0) is 0 Å². The average molecular weight is 286 g/mol. The summed E-state index contributed by atoms with van der Waals surface area (Å²) in [5.74, 6) is 6.45. The fourth-order valence-corrected chi connectivity index (χ4v) is 2.16. The van der Waals surface area contributed by atoms with Gasteiger partial charge in [-0.05, 0) is 30.7 Å². The molecule has 106 valence electrons. The zero-order chi connectivity index (χ0) is 15.5. The minimum atomic E-state index is -0.0703. The van der Waals surface area contributed by atoms with Crippen LogP contribution < -0.4 is 5.43 Å². The fraction of sp³-hybridized carbons (Fsp3) is 0.0500. The van der Waals surface area contributed by atoms with E-state index in [9.17, 15) is 4.79 Å². The first kappa shape index (κ1) is 13.9. The van der Waals surface area contributed by atoms with Crippen molar-refractivity contribution in [2.75, 3.05) is 0 Å². The zero-order valence-corrected chi connectivity index (χ0v) is 12.2. The van der Waals surface area contributed by atoms with Gasteiger partial charge >= 0.3 is 0 Å². The van der Waals surface area contributed by atoms with Crippen molar-refractivity contribution >= 4 is 11.0 Å². The Labute approximate surface area is 128 Å². The van der Waals surface area contributed by atoms with Gasteiger partial charge in [0.05, 0.1) is 5.39 Å². The summed E-state index contributed by atoms with van der Waals surface area (Å²) in [4.78, 5) is 12.3. The molecule has 2 nitrogen and oxygen atoms in total. The molecule has 0 aliphatic heterocycles. The molecular weight excluding hydrogens is 272 g/mol. The van der Waals surface area contributed by atoms with Gasteiger partial charge in [0.25, 0.3) is 0 Å².